The Bertz CT molecular complexity index is 456. The van der Waals surface area contributed by atoms with Crippen LogP contribution >= 0.6 is 0 Å². The lowest BCUT2D eigenvalue weighted by molar-refractivity contribution is -0.139. The fraction of sp³-hybridized carbons (Fsp3) is 0.533. The SMILES string of the molecule is O=C(NC1CC2(CCC2)C1O)OCc1ccccc1. The van der Waals surface area contributed by atoms with Gasteiger partial charge in [0.05, 0.1) is 12.1 Å². The number of nitrogens with one attached hydrogen (secondary N) is 1. The van der Waals surface area contributed by atoms with Crippen LogP contribution in [0.4, 0.5) is 4.79 Å². The second-order valence-electron chi connectivity index (χ2n) is 5.68. The predicted molar refractivity (Wildman–Crippen MR) is 70.5 cm³/mol. The van der Waals surface area contributed by atoms with Crippen LogP contribution in [0.1, 0.15) is 31.2 Å². The molecule has 3 rings (SSSR count). The summed E-state index contributed by atoms with van der Waals surface area (Å²) < 4.78 is 5.14. The van der Waals surface area contributed by atoms with Crippen molar-refractivity contribution in [1.82, 2.24) is 5.32 Å². The van der Waals surface area contributed by atoms with Crippen LogP contribution in [-0.2, 0) is 11.3 Å². The molecule has 2 aliphatic rings. The van der Waals surface area contributed by atoms with Gasteiger partial charge in [-0.1, -0.05) is 36.8 Å². The van der Waals surface area contributed by atoms with E-state index in [-0.39, 0.29) is 18.1 Å². The van der Waals surface area contributed by atoms with Gasteiger partial charge in [0.2, 0.25) is 0 Å². The molecule has 1 amide bonds. The summed E-state index contributed by atoms with van der Waals surface area (Å²) >= 11 is 0. The number of ether oxygens (including phenoxy) is 1. The lowest BCUT2D eigenvalue weighted by Crippen LogP contribution is -2.65. The van der Waals surface area contributed by atoms with Gasteiger partial charge in [-0.15, -0.1) is 0 Å². The number of aliphatic hydroxyl groups excluding tert-OH is 1. The summed E-state index contributed by atoms with van der Waals surface area (Å²) in [7, 11) is 0. The van der Waals surface area contributed by atoms with Gasteiger partial charge in [0.25, 0.3) is 0 Å². The van der Waals surface area contributed by atoms with Crippen molar-refractivity contribution in [3.63, 3.8) is 0 Å². The third kappa shape index (κ3) is 2.32. The maximum Gasteiger partial charge on any atom is 0.407 e. The number of hydrogen-bond acceptors (Lipinski definition) is 3. The quantitative estimate of drug-likeness (QED) is 0.877. The second kappa shape index (κ2) is 4.85. The van der Waals surface area contributed by atoms with Crippen molar-refractivity contribution in [2.24, 2.45) is 5.41 Å². The summed E-state index contributed by atoms with van der Waals surface area (Å²) in [5, 5.41) is 12.8. The van der Waals surface area contributed by atoms with Crippen LogP contribution in [-0.4, -0.2) is 23.3 Å². The van der Waals surface area contributed by atoms with Crippen LogP contribution in [0.15, 0.2) is 30.3 Å². The van der Waals surface area contributed by atoms with Gasteiger partial charge in [0.15, 0.2) is 0 Å². The van der Waals surface area contributed by atoms with E-state index in [9.17, 15) is 9.90 Å². The zero-order valence-corrected chi connectivity index (χ0v) is 10.8. The first kappa shape index (κ1) is 12.5. The van der Waals surface area contributed by atoms with Crippen LogP contribution in [0, 0.1) is 5.41 Å². The lowest BCUT2D eigenvalue weighted by Gasteiger charge is -2.57. The summed E-state index contributed by atoms with van der Waals surface area (Å²) in [6, 6.07) is 9.43. The molecule has 0 heterocycles. The molecule has 102 valence electrons. The van der Waals surface area contributed by atoms with Gasteiger partial charge in [-0.2, -0.15) is 0 Å². The first-order valence-electron chi connectivity index (χ1n) is 6.85. The summed E-state index contributed by atoms with van der Waals surface area (Å²) in [5.41, 5.74) is 1.07. The van der Waals surface area contributed by atoms with E-state index in [0.717, 1.165) is 24.8 Å². The summed E-state index contributed by atoms with van der Waals surface area (Å²) in [6.07, 6.45) is 3.42. The Morgan fingerprint density at radius 2 is 2.11 bits per heavy atom. The van der Waals surface area contributed by atoms with E-state index in [1.165, 1.54) is 6.42 Å². The molecule has 0 radical (unpaired) electrons. The van der Waals surface area contributed by atoms with E-state index in [0.29, 0.717) is 0 Å². The van der Waals surface area contributed by atoms with Crippen LogP contribution in [0.2, 0.25) is 0 Å². The average Bonchev–Trinajstić information content (AvgIpc) is 2.39. The van der Waals surface area contributed by atoms with Gasteiger partial charge in [-0.3, -0.25) is 0 Å². The molecule has 19 heavy (non-hydrogen) atoms. The van der Waals surface area contributed by atoms with Crippen molar-refractivity contribution in [2.45, 2.75) is 44.4 Å². The zero-order valence-electron chi connectivity index (χ0n) is 10.8. The Labute approximate surface area is 112 Å². The second-order valence-corrected chi connectivity index (χ2v) is 5.68. The van der Waals surface area contributed by atoms with Crippen molar-refractivity contribution in [2.75, 3.05) is 0 Å². The minimum Gasteiger partial charge on any atom is -0.445 e. The number of alkyl carbamates (subject to hydrolysis) is 1. The molecule has 1 aromatic carbocycles. The summed E-state index contributed by atoms with van der Waals surface area (Å²) in [5.74, 6) is 0. The first-order valence-corrected chi connectivity index (χ1v) is 6.85. The van der Waals surface area contributed by atoms with Crippen molar-refractivity contribution in [1.29, 1.82) is 0 Å². The fourth-order valence-corrected chi connectivity index (χ4v) is 3.11. The van der Waals surface area contributed by atoms with Gasteiger partial charge in [-0.25, -0.2) is 4.79 Å². The number of hydrogen-bond donors (Lipinski definition) is 2. The molecule has 1 spiro atoms. The van der Waals surface area contributed by atoms with Gasteiger partial charge in [0, 0.05) is 5.41 Å². The highest BCUT2D eigenvalue weighted by atomic mass is 16.5. The average molecular weight is 261 g/mol. The zero-order chi connectivity index (χ0) is 13.3. The molecule has 2 aliphatic carbocycles. The molecule has 2 saturated carbocycles. The summed E-state index contributed by atoms with van der Waals surface area (Å²) in [6.45, 7) is 0.265. The highest BCUT2D eigenvalue weighted by Crippen LogP contribution is 2.55. The minimum atomic E-state index is -0.443. The van der Waals surface area contributed by atoms with E-state index in [4.69, 9.17) is 4.74 Å². The topological polar surface area (TPSA) is 58.6 Å². The molecular formula is C15H19NO3. The Morgan fingerprint density at radius 3 is 2.68 bits per heavy atom. The van der Waals surface area contributed by atoms with E-state index in [1.54, 1.807) is 0 Å². The number of benzene rings is 1. The van der Waals surface area contributed by atoms with Crippen LogP contribution < -0.4 is 5.32 Å². The Hall–Kier alpha value is -1.55. The van der Waals surface area contributed by atoms with Gasteiger partial charge in [0.1, 0.15) is 6.61 Å². The smallest absolute Gasteiger partial charge is 0.407 e. The molecule has 0 aliphatic heterocycles. The molecule has 0 bridgehead atoms. The molecule has 4 heteroatoms. The van der Waals surface area contributed by atoms with E-state index >= 15 is 0 Å². The fourth-order valence-electron chi connectivity index (χ4n) is 3.11. The highest BCUT2D eigenvalue weighted by Gasteiger charge is 2.56. The number of aliphatic hydroxyl groups is 1. The van der Waals surface area contributed by atoms with Crippen LogP contribution in [0.25, 0.3) is 0 Å². The van der Waals surface area contributed by atoms with E-state index in [1.807, 2.05) is 30.3 Å². The number of rotatable bonds is 3. The van der Waals surface area contributed by atoms with Crippen molar-refractivity contribution in [3.05, 3.63) is 35.9 Å². The molecule has 2 fully saturated rings. The predicted octanol–water partition coefficient (Wildman–Crippen LogP) is 2.22. The van der Waals surface area contributed by atoms with Crippen molar-refractivity contribution < 1.29 is 14.6 Å². The maximum absolute atomic E-state index is 11.6. The van der Waals surface area contributed by atoms with Crippen LogP contribution in [0.5, 0.6) is 0 Å². The van der Waals surface area contributed by atoms with Gasteiger partial charge < -0.3 is 15.2 Å². The molecular weight excluding hydrogens is 242 g/mol. The standard InChI is InChI=1S/C15H19NO3/c17-13-12(9-15(13)7-4-8-15)16-14(18)19-10-11-5-2-1-3-6-11/h1-3,5-6,12-13,17H,4,7-10H2,(H,16,18). The summed E-state index contributed by atoms with van der Waals surface area (Å²) in [4.78, 5) is 11.6. The number of carbonyl (C=O) groups is 1. The largest absolute Gasteiger partial charge is 0.445 e. The van der Waals surface area contributed by atoms with Crippen molar-refractivity contribution >= 4 is 6.09 Å². The van der Waals surface area contributed by atoms with Crippen LogP contribution in [0.3, 0.4) is 0 Å². The molecule has 1 aromatic rings. The monoisotopic (exact) mass is 261 g/mol. The van der Waals surface area contributed by atoms with Crippen molar-refractivity contribution in [3.8, 4) is 0 Å². The van der Waals surface area contributed by atoms with E-state index in [2.05, 4.69) is 5.32 Å². The third-order valence-corrected chi connectivity index (χ3v) is 4.50. The number of amides is 1. The lowest BCUT2D eigenvalue weighted by atomic mass is 9.52. The minimum absolute atomic E-state index is 0.109. The molecule has 0 aromatic heterocycles. The van der Waals surface area contributed by atoms with Gasteiger partial charge in [-0.05, 0) is 24.8 Å². The van der Waals surface area contributed by atoms with E-state index < -0.39 is 12.2 Å². The molecule has 2 atom stereocenters. The van der Waals surface area contributed by atoms with Gasteiger partial charge >= 0.3 is 6.09 Å². The Kier molecular flexibility index (Phi) is 3.19. The molecule has 0 saturated heterocycles. The molecule has 2 N–H and O–H groups in total. The Balaban J connectivity index is 1.43. The third-order valence-electron chi connectivity index (χ3n) is 4.50. The maximum atomic E-state index is 11.6. The Morgan fingerprint density at radius 1 is 1.37 bits per heavy atom. The molecule has 4 nitrogen and oxygen atoms in total. The highest BCUT2D eigenvalue weighted by molar-refractivity contribution is 5.68. The number of carbonyl (C=O) groups excluding carboxylic acids is 1. The molecule has 2 unspecified atom stereocenters. The normalized spacial score (nSPS) is 27.2. The first-order chi connectivity index (χ1) is 9.20.